The maximum absolute atomic E-state index is 5.73. The number of rotatable bonds is 6. The van der Waals surface area contributed by atoms with Crippen molar-refractivity contribution in [3.8, 4) is 5.75 Å². The van der Waals surface area contributed by atoms with Gasteiger partial charge in [-0.2, -0.15) is 0 Å². The van der Waals surface area contributed by atoms with Crippen LogP contribution in [-0.2, 0) is 11.3 Å². The minimum atomic E-state index is 0.657. The summed E-state index contributed by atoms with van der Waals surface area (Å²) in [7, 11) is 1.69. The van der Waals surface area contributed by atoms with Crippen molar-refractivity contribution < 1.29 is 9.47 Å². The quantitative estimate of drug-likeness (QED) is 0.786. The third-order valence-electron chi connectivity index (χ3n) is 3.43. The van der Waals surface area contributed by atoms with Crippen LogP contribution in [0.15, 0.2) is 24.3 Å². The van der Waals surface area contributed by atoms with Gasteiger partial charge >= 0.3 is 0 Å². The Hall–Kier alpha value is -1.06. The number of ether oxygens (including phenoxy) is 2. The van der Waals surface area contributed by atoms with E-state index in [0.29, 0.717) is 12.6 Å². The normalized spacial score (nSPS) is 19.7. The Morgan fingerprint density at radius 1 is 1.33 bits per heavy atom. The van der Waals surface area contributed by atoms with Gasteiger partial charge < -0.3 is 14.8 Å². The lowest BCUT2D eigenvalue weighted by molar-refractivity contribution is 0.108. The lowest BCUT2D eigenvalue weighted by Crippen LogP contribution is -2.34. The van der Waals surface area contributed by atoms with E-state index in [1.165, 1.54) is 31.4 Å². The van der Waals surface area contributed by atoms with Crippen LogP contribution in [0.4, 0.5) is 0 Å². The zero-order valence-electron chi connectivity index (χ0n) is 11.2. The summed E-state index contributed by atoms with van der Waals surface area (Å²) in [5.74, 6) is 0.894. The molecule has 1 aliphatic heterocycles. The second-order valence-electron chi connectivity index (χ2n) is 4.84. The summed E-state index contributed by atoms with van der Waals surface area (Å²) in [5, 5.41) is 3.54. The largest absolute Gasteiger partial charge is 0.497 e. The molecule has 18 heavy (non-hydrogen) atoms. The summed E-state index contributed by atoms with van der Waals surface area (Å²) in [6, 6.07) is 8.71. The molecule has 1 fully saturated rings. The monoisotopic (exact) mass is 249 g/mol. The van der Waals surface area contributed by atoms with E-state index >= 15 is 0 Å². The fraction of sp³-hybridized carbons (Fsp3) is 0.600. The highest BCUT2D eigenvalue weighted by Gasteiger charge is 2.11. The maximum atomic E-state index is 5.73. The van der Waals surface area contributed by atoms with Gasteiger partial charge in [-0.3, -0.25) is 0 Å². The van der Waals surface area contributed by atoms with Crippen LogP contribution in [0.3, 0.4) is 0 Å². The smallest absolute Gasteiger partial charge is 0.119 e. The van der Waals surface area contributed by atoms with E-state index < -0.39 is 0 Å². The van der Waals surface area contributed by atoms with Gasteiger partial charge in [-0.25, -0.2) is 0 Å². The minimum Gasteiger partial charge on any atom is -0.497 e. The molecule has 1 aliphatic rings. The van der Waals surface area contributed by atoms with Gasteiger partial charge in [0.15, 0.2) is 0 Å². The first kappa shape index (κ1) is 13.4. The molecule has 1 atom stereocenters. The Bertz CT molecular complexity index is 348. The van der Waals surface area contributed by atoms with E-state index in [1.807, 2.05) is 18.2 Å². The van der Waals surface area contributed by atoms with Gasteiger partial charge in [-0.05, 0) is 43.5 Å². The van der Waals surface area contributed by atoms with Crippen molar-refractivity contribution in [2.75, 3.05) is 20.3 Å². The number of benzene rings is 1. The highest BCUT2D eigenvalue weighted by atomic mass is 16.5. The molecule has 1 saturated heterocycles. The number of hydrogen-bond donors (Lipinski definition) is 1. The fourth-order valence-electron chi connectivity index (χ4n) is 2.35. The molecule has 2 rings (SSSR count). The zero-order valence-corrected chi connectivity index (χ0v) is 11.2. The average molecular weight is 249 g/mol. The van der Waals surface area contributed by atoms with Crippen LogP contribution in [0.2, 0.25) is 0 Å². The molecule has 0 amide bonds. The summed E-state index contributed by atoms with van der Waals surface area (Å²) >= 11 is 0. The van der Waals surface area contributed by atoms with Crippen LogP contribution in [0.25, 0.3) is 0 Å². The lowest BCUT2D eigenvalue weighted by Gasteiger charge is -2.23. The molecule has 0 aromatic heterocycles. The maximum Gasteiger partial charge on any atom is 0.119 e. The second-order valence-corrected chi connectivity index (χ2v) is 4.84. The van der Waals surface area contributed by atoms with E-state index in [1.54, 1.807) is 7.11 Å². The Kier molecular flexibility index (Phi) is 5.49. The molecular formula is C15H23NO2. The average Bonchev–Trinajstić information content (AvgIpc) is 2.45. The van der Waals surface area contributed by atoms with E-state index in [2.05, 4.69) is 11.4 Å². The van der Waals surface area contributed by atoms with Gasteiger partial charge in [0, 0.05) is 12.6 Å². The highest BCUT2D eigenvalue weighted by molar-refractivity contribution is 5.27. The highest BCUT2D eigenvalue weighted by Crippen LogP contribution is 2.14. The Morgan fingerprint density at radius 2 is 2.28 bits per heavy atom. The van der Waals surface area contributed by atoms with Gasteiger partial charge in [-0.15, -0.1) is 0 Å². The molecule has 0 bridgehead atoms. The molecule has 100 valence electrons. The zero-order chi connectivity index (χ0) is 12.6. The molecule has 0 saturated carbocycles. The van der Waals surface area contributed by atoms with Crippen molar-refractivity contribution in [1.29, 1.82) is 0 Å². The van der Waals surface area contributed by atoms with Crippen LogP contribution in [0, 0.1) is 0 Å². The lowest BCUT2D eigenvalue weighted by atomic mass is 10.0. The number of methoxy groups -OCH3 is 1. The third-order valence-corrected chi connectivity index (χ3v) is 3.43. The molecule has 1 aromatic rings. The van der Waals surface area contributed by atoms with Gasteiger partial charge in [0.05, 0.1) is 13.7 Å². The van der Waals surface area contributed by atoms with Crippen molar-refractivity contribution >= 4 is 0 Å². The summed E-state index contributed by atoms with van der Waals surface area (Å²) in [6.07, 6.45) is 5.08. The first-order valence-electron chi connectivity index (χ1n) is 6.82. The van der Waals surface area contributed by atoms with Crippen LogP contribution >= 0.6 is 0 Å². The summed E-state index contributed by atoms with van der Waals surface area (Å²) in [6.45, 7) is 2.67. The summed E-state index contributed by atoms with van der Waals surface area (Å²) < 4.78 is 10.9. The first-order valence-corrected chi connectivity index (χ1v) is 6.82. The third kappa shape index (κ3) is 4.31. The summed E-state index contributed by atoms with van der Waals surface area (Å²) in [5.41, 5.74) is 1.17. The second kappa shape index (κ2) is 7.39. The molecule has 0 unspecified atom stereocenters. The van der Waals surface area contributed by atoms with Crippen LogP contribution < -0.4 is 10.1 Å². The molecule has 3 heteroatoms. The Morgan fingerprint density at radius 3 is 3.06 bits per heavy atom. The van der Waals surface area contributed by atoms with Gasteiger partial charge in [0.25, 0.3) is 0 Å². The minimum absolute atomic E-state index is 0.657. The van der Waals surface area contributed by atoms with Gasteiger partial charge in [0.2, 0.25) is 0 Å². The van der Waals surface area contributed by atoms with E-state index in [-0.39, 0.29) is 0 Å². The molecule has 1 heterocycles. The van der Waals surface area contributed by atoms with Crippen LogP contribution in [0.1, 0.15) is 31.2 Å². The number of hydrogen-bond acceptors (Lipinski definition) is 3. The molecule has 0 spiro atoms. The van der Waals surface area contributed by atoms with Crippen LogP contribution in [0.5, 0.6) is 5.75 Å². The van der Waals surface area contributed by atoms with E-state index in [9.17, 15) is 0 Å². The molecule has 3 nitrogen and oxygen atoms in total. The number of nitrogens with one attached hydrogen (secondary N) is 1. The SMILES string of the molecule is COc1cccc(COCC[C@H]2CCCCN2)c1. The van der Waals surface area contributed by atoms with Crippen molar-refractivity contribution in [2.24, 2.45) is 0 Å². The van der Waals surface area contributed by atoms with E-state index in [4.69, 9.17) is 9.47 Å². The van der Waals surface area contributed by atoms with Gasteiger partial charge in [-0.1, -0.05) is 18.6 Å². The topological polar surface area (TPSA) is 30.5 Å². The number of piperidine rings is 1. The molecule has 0 aliphatic carbocycles. The van der Waals surface area contributed by atoms with Crippen molar-refractivity contribution in [3.05, 3.63) is 29.8 Å². The van der Waals surface area contributed by atoms with Crippen molar-refractivity contribution in [1.82, 2.24) is 5.32 Å². The summed E-state index contributed by atoms with van der Waals surface area (Å²) in [4.78, 5) is 0. The van der Waals surface area contributed by atoms with E-state index in [0.717, 1.165) is 18.8 Å². The molecule has 0 radical (unpaired) electrons. The predicted molar refractivity (Wildman–Crippen MR) is 72.9 cm³/mol. The fourth-order valence-corrected chi connectivity index (χ4v) is 2.35. The molecular weight excluding hydrogens is 226 g/mol. The van der Waals surface area contributed by atoms with Crippen LogP contribution in [-0.4, -0.2) is 26.3 Å². The van der Waals surface area contributed by atoms with Crippen molar-refractivity contribution in [2.45, 2.75) is 38.3 Å². The predicted octanol–water partition coefficient (Wildman–Crippen LogP) is 2.74. The molecule has 1 aromatic carbocycles. The first-order chi connectivity index (χ1) is 8.88. The van der Waals surface area contributed by atoms with Crippen molar-refractivity contribution in [3.63, 3.8) is 0 Å². The Labute approximate surface area is 109 Å². The van der Waals surface area contributed by atoms with Gasteiger partial charge in [0.1, 0.15) is 5.75 Å². The standard InChI is InChI=1S/C15H23NO2/c1-17-15-7-4-5-13(11-15)12-18-10-8-14-6-2-3-9-16-14/h4-5,7,11,14,16H,2-3,6,8-10,12H2,1H3/t14-/m1/s1. The molecule has 1 N–H and O–H groups in total. The Balaban J connectivity index is 1.65.